The van der Waals surface area contributed by atoms with Crippen LogP contribution < -0.4 is 5.32 Å². The number of hydrogen-bond acceptors (Lipinski definition) is 6. The van der Waals surface area contributed by atoms with E-state index in [1.54, 1.807) is 0 Å². The third kappa shape index (κ3) is 3.88. The lowest BCUT2D eigenvalue weighted by atomic mass is 10.2. The highest BCUT2D eigenvalue weighted by molar-refractivity contribution is 7.89. The van der Waals surface area contributed by atoms with Crippen molar-refractivity contribution in [3.8, 4) is 0 Å². The van der Waals surface area contributed by atoms with Gasteiger partial charge in [-0.25, -0.2) is 13.4 Å². The first-order chi connectivity index (χ1) is 14.4. The number of nitro groups is 1. The molecule has 0 bridgehead atoms. The second kappa shape index (κ2) is 8.04. The van der Waals surface area contributed by atoms with Gasteiger partial charge in [-0.05, 0) is 44.0 Å². The quantitative estimate of drug-likeness (QED) is 0.475. The van der Waals surface area contributed by atoms with Crippen LogP contribution in [0.4, 0.5) is 11.4 Å². The standard InChI is InChI=1S/C20H23N5O4S/c1-15-6-5-7-20-22-16(14-24(15)20)13-21-18-9-8-17(12-19(18)25(26)27)30(28,29)23-10-3-2-4-11-23/h5-9,12,14,21H,2-4,10-11,13H2,1H3. The van der Waals surface area contributed by atoms with E-state index in [9.17, 15) is 18.5 Å². The van der Waals surface area contributed by atoms with Crippen LogP contribution in [0.1, 0.15) is 30.7 Å². The van der Waals surface area contributed by atoms with Crippen molar-refractivity contribution in [2.75, 3.05) is 18.4 Å². The minimum Gasteiger partial charge on any atom is -0.374 e. The first-order valence-corrected chi connectivity index (χ1v) is 11.3. The van der Waals surface area contributed by atoms with Gasteiger partial charge in [0.1, 0.15) is 11.3 Å². The number of nitrogens with zero attached hydrogens (tertiary/aromatic N) is 4. The van der Waals surface area contributed by atoms with Gasteiger partial charge < -0.3 is 9.72 Å². The van der Waals surface area contributed by atoms with Crippen LogP contribution in [0.2, 0.25) is 0 Å². The molecule has 1 fully saturated rings. The van der Waals surface area contributed by atoms with E-state index in [1.807, 2.05) is 35.7 Å². The summed E-state index contributed by atoms with van der Waals surface area (Å²) in [6.07, 6.45) is 4.48. The van der Waals surface area contributed by atoms with Gasteiger partial charge in [0, 0.05) is 31.0 Å². The highest BCUT2D eigenvalue weighted by Gasteiger charge is 2.28. The Morgan fingerprint density at radius 2 is 1.93 bits per heavy atom. The van der Waals surface area contributed by atoms with Crippen molar-refractivity contribution in [3.63, 3.8) is 0 Å². The summed E-state index contributed by atoms with van der Waals surface area (Å²) in [5.41, 5.74) is 2.54. The summed E-state index contributed by atoms with van der Waals surface area (Å²) >= 11 is 0. The Bertz CT molecular complexity index is 1200. The number of hydrogen-bond donors (Lipinski definition) is 1. The summed E-state index contributed by atoms with van der Waals surface area (Å²) in [5.74, 6) is 0. The highest BCUT2D eigenvalue weighted by atomic mass is 32.2. The molecule has 1 N–H and O–H groups in total. The molecule has 0 unspecified atom stereocenters. The molecular formula is C20H23N5O4S. The van der Waals surface area contributed by atoms with Crippen molar-refractivity contribution >= 4 is 27.0 Å². The average Bonchev–Trinajstić information content (AvgIpc) is 3.17. The fourth-order valence-corrected chi connectivity index (χ4v) is 5.23. The molecule has 30 heavy (non-hydrogen) atoms. The fourth-order valence-electron chi connectivity index (χ4n) is 3.70. The molecule has 9 nitrogen and oxygen atoms in total. The lowest BCUT2D eigenvalue weighted by molar-refractivity contribution is -0.384. The molecule has 0 spiro atoms. The van der Waals surface area contributed by atoms with Crippen LogP contribution >= 0.6 is 0 Å². The summed E-state index contributed by atoms with van der Waals surface area (Å²) in [5, 5.41) is 14.6. The summed E-state index contributed by atoms with van der Waals surface area (Å²) < 4.78 is 29.1. The van der Waals surface area contributed by atoms with Crippen molar-refractivity contribution in [1.29, 1.82) is 0 Å². The van der Waals surface area contributed by atoms with Gasteiger partial charge in [0.2, 0.25) is 10.0 Å². The maximum Gasteiger partial charge on any atom is 0.293 e. The number of nitrogens with one attached hydrogen (secondary N) is 1. The van der Waals surface area contributed by atoms with Crippen LogP contribution in [0.25, 0.3) is 5.65 Å². The summed E-state index contributed by atoms with van der Waals surface area (Å²) in [6, 6.07) is 9.79. The third-order valence-electron chi connectivity index (χ3n) is 5.32. The summed E-state index contributed by atoms with van der Waals surface area (Å²) in [6.45, 7) is 3.14. The number of benzene rings is 1. The van der Waals surface area contributed by atoms with Crippen molar-refractivity contribution < 1.29 is 13.3 Å². The first-order valence-electron chi connectivity index (χ1n) is 9.82. The van der Waals surface area contributed by atoms with Gasteiger partial charge in [-0.1, -0.05) is 12.5 Å². The second-order valence-corrected chi connectivity index (χ2v) is 9.32. The number of pyridine rings is 1. The molecular weight excluding hydrogens is 406 g/mol. The van der Waals surface area contributed by atoms with Crippen LogP contribution in [0.3, 0.4) is 0 Å². The number of fused-ring (bicyclic) bond motifs is 1. The van der Waals surface area contributed by atoms with Crippen LogP contribution in [0.5, 0.6) is 0 Å². The molecule has 10 heteroatoms. The Morgan fingerprint density at radius 3 is 2.63 bits per heavy atom. The van der Waals surface area contributed by atoms with Crippen LogP contribution in [-0.2, 0) is 16.6 Å². The van der Waals surface area contributed by atoms with E-state index in [0.29, 0.717) is 13.1 Å². The van der Waals surface area contributed by atoms with E-state index in [0.717, 1.165) is 42.4 Å². The van der Waals surface area contributed by atoms with Gasteiger partial charge in [-0.3, -0.25) is 10.1 Å². The van der Waals surface area contributed by atoms with Crippen LogP contribution in [0.15, 0.2) is 47.5 Å². The van der Waals surface area contributed by atoms with E-state index in [1.165, 1.54) is 16.4 Å². The third-order valence-corrected chi connectivity index (χ3v) is 7.22. The fraction of sp³-hybridized carbons (Fsp3) is 0.350. The molecule has 1 saturated heterocycles. The van der Waals surface area contributed by atoms with Crippen LogP contribution in [0, 0.1) is 17.0 Å². The molecule has 1 aromatic carbocycles. The van der Waals surface area contributed by atoms with Gasteiger partial charge in [-0.15, -0.1) is 0 Å². The number of nitro benzene ring substituents is 1. The number of aryl methyl sites for hydroxylation is 1. The Labute approximate surface area is 174 Å². The van der Waals surface area contributed by atoms with E-state index in [2.05, 4.69) is 10.3 Å². The second-order valence-electron chi connectivity index (χ2n) is 7.38. The Kier molecular flexibility index (Phi) is 5.44. The van der Waals surface area contributed by atoms with E-state index >= 15 is 0 Å². The molecule has 3 aromatic rings. The maximum absolute atomic E-state index is 12.9. The van der Waals surface area contributed by atoms with E-state index in [4.69, 9.17) is 0 Å². The van der Waals surface area contributed by atoms with E-state index in [-0.39, 0.29) is 22.8 Å². The first kappa shape index (κ1) is 20.3. The van der Waals surface area contributed by atoms with Gasteiger partial charge in [0.15, 0.2) is 0 Å². The topological polar surface area (TPSA) is 110 Å². The SMILES string of the molecule is Cc1cccc2nc(CNc3ccc(S(=O)(=O)N4CCCCC4)cc3[N+](=O)[O-])cn12. The van der Waals surface area contributed by atoms with Gasteiger partial charge in [-0.2, -0.15) is 4.31 Å². The smallest absolute Gasteiger partial charge is 0.293 e. The monoisotopic (exact) mass is 429 g/mol. The van der Waals surface area contributed by atoms with Crippen LogP contribution in [-0.4, -0.2) is 40.1 Å². The number of anilines is 1. The maximum atomic E-state index is 12.9. The van der Waals surface area contributed by atoms with Crippen molar-refractivity contribution in [3.05, 3.63) is 64.1 Å². The van der Waals surface area contributed by atoms with Gasteiger partial charge in [0.25, 0.3) is 5.69 Å². The molecule has 3 heterocycles. The Balaban J connectivity index is 1.58. The average molecular weight is 430 g/mol. The van der Waals surface area contributed by atoms with Crippen molar-refractivity contribution in [1.82, 2.24) is 13.7 Å². The molecule has 158 valence electrons. The Morgan fingerprint density at radius 1 is 1.17 bits per heavy atom. The zero-order chi connectivity index (χ0) is 21.3. The number of rotatable bonds is 6. The minimum atomic E-state index is -3.74. The number of aromatic nitrogens is 2. The zero-order valence-corrected chi connectivity index (χ0v) is 17.4. The van der Waals surface area contributed by atoms with E-state index < -0.39 is 14.9 Å². The molecule has 2 aromatic heterocycles. The number of sulfonamides is 1. The number of imidazole rings is 1. The Hall–Kier alpha value is -2.98. The molecule has 4 rings (SSSR count). The number of piperidine rings is 1. The molecule has 0 aliphatic carbocycles. The molecule has 0 radical (unpaired) electrons. The van der Waals surface area contributed by atoms with Gasteiger partial charge in [0.05, 0.1) is 22.1 Å². The molecule has 1 aliphatic heterocycles. The lowest BCUT2D eigenvalue weighted by Gasteiger charge is -2.25. The largest absolute Gasteiger partial charge is 0.374 e. The molecule has 0 amide bonds. The highest BCUT2D eigenvalue weighted by Crippen LogP contribution is 2.30. The molecule has 0 saturated carbocycles. The van der Waals surface area contributed by atoms with Crippen molar-refractivity contribution in [2.24, 2.45) is 0 Å². The lowest BCUT2D eigenvalue weighted by Crippen LogP contribution is -2.35. The predicted octanol–water partition coefficient (Wildman–Crippen LogP) is 3.34. The molecule has 1 aliphatic rings. The predicted molar refractivity (Wildman–Crippen MR) is 113 cm³/mol. The molecule has 0 atom stereocenters. The minimum absolute atomic E-state index is 0.0509. The summed E-state index contributed by atoms with van der Waals surface area (Å²) in [7, 11) is -3.74. The normalized spacial score (nSPS) is 15.4. The summed E-state index contributed by atoms with van der Waals surface area (Å²) in [4.78, 5) is 15.5. The van der Waals surface area contributed by atoms with Gasteiger partial charge >= 0.3 is 0 Å². The zero-order valence-electron chi connectivity index (χ0n) is 16.6. The van der Waals surface area contributed by atoms with Crippen molar-refractivity contribution in [2.45, 2.75) is 37.6 Å².